The maximum atomic E-state index is 10.5. The van der Waals surface area contributed by atoms with Gasteiger partial charge < -0.3 is 5.11 Å². The van der Waals surface area contributed by atoms with Crippen LogP contribution in [0.25, 0.3) is 5.52 Å². The molecule has 0 saturated carbocycles. The first-order valence-electron chi connectivity index (χ1n) is 3.88. The van der Waals surface area contributed by atoms with Gasteiger partial charge in [0, 0.05) is 6.07 Å². The highest BCUT2D eigenvalue weighted by atomic mass is 16.6. The van der Waals surface area contributed by atoms with Crippen molar-refractivity contribution >= 4 is 11.2 Å². The summed E-state index contributed by atoms with van der Waals surface area (Å²) in [6.07, 6.45) is 2.31. The zero-order chi connectivity index (χ0) is 11.0. The first kappa shape index (κ1) is 8.96. The van der Waals surface area contributed by atoms with Gasteiger partial charge in [-0.05, 0) is 0 Å². The molecule has 7 nitrogen and oxygen atoms in total. The Morgan fingerprint density at radius 2 is 2.40 bits per heavy atom. The van der Waals surface area contributed by atoms with Crippen LogP contribution in [0, 0.1) is 21.4 Å². The van der Waals surface area contributed by atoms with Crippen LogP contribution < -0.4 is 0 Å². The summed E-state index contributed by atoms with van der Waals surface area (Å²) in [5.41, 5.74) is -0.0656. The molecule has 2 aromatic heterocycles. The number of nitriles is 1. The lowest BCUT2D eigenvalue weighted by Crippen LogP contribution is -1.91. The van der Waals surface area contributed by atoms with Crippen LogP contribution in [0.15, 0.2) is 18.5 Å². The van der Waals surface area contributed by atoms with E-state index in [0.717, 1.165) is 23.0 Å². The first-order valence-corrected chi connectivity index (χ1v) is 3.88. The summed E-state index contributed by atoms with van der Waals surface area (Å²) in [6.45, 7) is 0. The highest BCUT2D eigenvalue weighted by Gasteiger charge is 2.14. The molecule has 0 amide bonds. The molecule has 0 aromatic carbocycles. The molecule has 0 aliphatic carbocycles. The monoisotopic (exact) mass is 204 g/mol. The fraction of sp³-hybridized carbons (Fsp3) is 0. The summed E-state index contributed by atoms with van der Waals surface area (Å²) >= 11 is 0. The second-order valence-corrected chi connectivity index (χ2v) is 2.80. The molecule has 7 heteroatoms. The molecule has 0 unspecified atom stereocenters. The molecular weight excluding hydrogens is 200 g/mol. The smallest absolute Gasteiger partial charge is 0.289 e. The molecular formula is C8H4N4O3. The van der Waals surface area contributed by atoms with E-state index in [1.165, 1.54) is 0 Å². The SMILES string of the molecule is N#Cc1cnn2cc([N+](=O)[O-])cc2c1O. The second-order valence-electron chi connectivity index (χ2n) is 2.80. The fourth-order valence-corrected chi connectivity index (χ4v) is 1.21. The molecule has 0 fully saturated rings. The van der Waals surface area contributed by atoms with Gasteiger partial charge in [0.05, 0.1) is 11.1 Å². The van der Waals surface area contributed by atoms with Gasteiger partial charge in [-0.2, -0.15) is 10.4 Å². The van der Waals surface area contributed by atoms with Crippen molar-refractivity contribution in [2.75, 3.05) is 0 Å². The molecule has 0 aliphatic rings. The van der Waals surface area contributed by atoms with Crippen molar-refractivity contribution in [2.45, 2.75) is 0 Å². The zero-order valence-corrected chi connectivity index (χ0v) is 7.28. The Labute approximate surface area is 82.9 Å². The van der Waals surface area contributed by atoms with Crippen molar-refractivity contribution in [2.24, 2.45) is 0 Å². The maximum absolute atomic E-state index is 10.5. The largest absolute Gasteiger partial charge is 0.504 e. The Kier molecular flexibility index (Phi) is 1.76. The number of nitrogens with zero attached hydrogens (tertiary/aromatic N) is 4. The lowest BCUT2D eigenvalue weighted by molar-refractivity contribution is -0.384. The quantitative estimate of drug-likeness (QED) is 0.546. The van der Waals surface area contributed by atoms with Crippen molar-refractivity contribution in [3.8, 4) is 11.8 Å². The number of rotatable bonds is 1. The number of nitro groups is 1. The molecule has 0 atom stereocenters. The van der Waals surface area contributed by atoms with Gasteiger partial charge in [-0.3, -0.25) is 10.1 Å². The highest BCUT2D eigenvalue weighted by Crippen LogP contribution is 2.26. The number of aromatic nitrogens is 2. The third-order valence-electron chi connectivity index (χ3n) is 1.93. The van der Waals surface area contributed by atoms with Crippen LogP contribution in [-0.4, -0.2) is 19.6 Å². The second kappa shape index (κ2) is 2.95. The third kappa shape index (κ3) is 1.24. The van der Waals surface area contributed by atoms with E-state index in [9.17, 15) is 15.2 Å². The fourth-order valence-electron chi connectivity index (χ4n) is 1.21. The van der Waals surface area contributed by atoms with Crippen LogP contribution in [-0.2, 0) is 0 Å². The van der Waals surface area contributed by atoms with Gasteiger partial charge in [-0.15, -0.1) is 0 Å². The van der Waals surface area contributed by atoms with Crippen molar-refractivity contribution in [3.05, 3.63) is 34.1 Å². The molecule has 0 spiro atoms. The molecule has 74 valence electrons. The number of hydrogen-bond donors (Lipinski definition) is 1. The minimum Gasteiger partial charge on any atom is -0.504 e. The van der Waals surface area contributed by atoms with Crippen molar-refractivity contribution in [3.63, 3.8) is 0 Å². The van der Waals surface area contributed by atoms with Crippen LogP contribution in [0.3, 0.4) is 0 Å². The summed E-state index contributed by atoms with van der Waals surface area (Å²) in [7, 11) is 0. The van der Waals surface area contributed by atoms with Gasteiger partial charge >= 0.3 is 0 Å². The van der Waals surface area contributed by atoms with Gasteiger partial charge in [0.15, 0.2) is 5.75 Å². The Morgan fingerprint density at radius 3 is 3.00 bits per heavy atom. The van der Waals surface area contributed by atoms with Crippen molar-refractivity contribution < 1.29 is 10.0 Å². The predicted octanol–water partition coefficient (Wildman–Crippen LogP) is 0.820. The van der Waals surface area contributed by atoms with E-state index in [-0.39, 0.29) is 22.5 Å². The Hall–Kier alpha value is -2.62. The van der Waals surface area contributed by atoms with Gasteiger partial charge in [0.2, 0.25) is 0 Å². The average Bonchev–Trinajstić information content (AvgIpc) is 2.63. The summed E-state index contributed by atoms with van der Waals surface area (Å²) < 4.78 is 1.15. The highest BCUT2D eigenvalue weighted by molar-refractivity contribution is 5.68. The van der Waals surface area contributed by atoms with Gasteiger partial charge in [0.25, 0.3) is 5.69 Å². The first-order chi connectivity index (χ1) is 7.13. The molecule has 1 N–H and O–H groups in total. The van der Waals surface area contributed by atoms with Gasteiger partial charge in [0.1, 0.15) is 23.3 Å². The molecule has 0 aliphatic heterocycles. The maximum Gasteiger partial charge on any atom is 0.289 e. The number of aromatic hydroxyl groups is 1. The number of fused-ring (bicyclic) bond motifs is 1. The van der Waals surface area contributed by atoms with Crippen molar-refractivity contribution in [1.82, 2.24) is 9.61 Å². The van der Waals surface area contributed by atoms with Gasteiger partial charge in [-0.1, -0.05) is 0 Å². The third-order valence-corrected chi connectivity index (χ3v) is 1.93. The Morgan fingerprint density at radius 1 is 1.67 bits per heavy atom. The molecule has 2 rings (SSSR count). The molecule has 0 saturated heterocycles. The lowest BCUT2D eigenvalue weighted by atomic mass is 10.3. The van der Waals surface area contributed by atoms with E-state index in [1.54, 1.807) is 6.07 Å². The van der Waals surface area contributed by atoms with E-state index in [0.29, 0.717) is 0 Å². The molecule has 2 aromatic rings. The topological polar surface area (TPSA) is 104 Å². The van der Waals surface area contributed by atoms with Crippen LogP contribution >= 0.6 is 0 Å². The van der Waals surface area contributed by atoms with Crippen LogP contribution in [0.1, 0.15) is 5.56 Å². The lowest BCUT2D eigenvalue weighted by Gasteiger charge is -1.96. The predicted molar refractivity (Wildman–Crippen MR) is 48.2 cm³/mol. The van der Waals surface area contributed by atoms with Crippen LogP contribution in [0.2, 0.25) is 0 Å². The summed E-state index contributed by atoms with van der Waals surface area (Å²) in [5, 5.41) is 32.3. The average molecular weight is 204 g/mol. The van der Waals surface area contributed by atoms with E-state index in [1.807, 2.05) is 0 Å². The van der Waals surface area contributed by atoms with E-state index in [4.69, 9.17) is 5.26 Å². The Balaban J connectivity index is 2.78. The van der Waals surface area contributed by atoms with Crippen molar-refractivity contribution in [1.29, 1.82) is 5.26 Å². The minimum absolute atomic E-state index is 0.0181. The summed E-state index contributed by atoms with van der Waals surface area (Å²) in [4.78, 5) is 9.86. The van der Waals surface area contributed by atoms with E-state index >= 15 is 0 Å². The number of hydrogen-bond acceptors (Lipinski definition) is 5. The Bertz CT molecular complexity index is 596. The minimum atomic E-state index is -0.597. The van der Waals surface area contributed by atoms with Crippen LogP contribution in [0.5, 0.6) is 5.75 Å². The normalized spacial score (nSPS) is 10.1. The molecule has 2 heterocycles. The van der Waals surface area contributed by atoms with Gasteiger partial charge in [-0.25, -0.2) is 4.52 Å². The zero-order valence-electron chi connectivity index (χ0n) is 7.28. The molecule has 0 radical (unpaired) electrons. The standard InChI is InChI=1S/C8H4N4O3/c9-2-5-3-10-11-4-6(12(14)15)1-7(11)8(5)13/h1,3-4,13H. The van der Waals surface area contributed by atoms with E-state index in [2.05, 4.69) is 5.10 Å². The summed E-state index contributed by atoms with van der Waals surface area (Å²) in [6, 6.07) is 2.89. The van der Waals surface area contributed by atoms with E-state index < -0.39 is 4.92 Å². The summed E-state index contributed by atoms with van der Waals surface area (Å²) in [5.74, 6) is -0.305. The molecule has 0 bridgehead atoms. The van der Waals surface area contributed by atoms with Crippen LogP contribution in [0.4, 0.5) is 5.69 Å². The molecule has 15 heavy (non-hydrogen) atoms.